The second-order valence-corrected chi connectivity index (χ2v) is 7.47. The molecule has 0 amide bonds. The van der Waals surface area contributed by atoms with Crippen LogP contribution < -0.4 is 0 Å². The van der Waals surface area contributed by atoms with Crippen molar-refractivity contribution < 1.29 is 4.39 Å². The first kappa shape index (κ1) is 16.9. The summed E-state index contributed by atoms with van der Waals surface area (Å²) in [5.74, 6) is 0.514. The lowest BCUT2D eigenvalue weighted by Crippen LogP contribution is -2.43. The maximum absolute atomic E-state index is 13.5. The monoisotopic (exact) mass is 363 g/mol. The zero-order valence-corrected chi connectivity index (χ0v) is 15.2. The van der Waals surface area contributed by atoms with E-state index in [4.69, 9.17) is 11.6 Å². The normalized spacial score (nSPS) is 23.4. The standard InChI is InChI=1S/C18H23ClFN5/c1-23-9-6-13(7-10-23)24-8-2-3-17(24)18-21-12-22-25(18)14-4-5-16(20)15(19)11-14/h4-5,11-13,17H,2-3,6-10H2,1H3/t17-/m0/s1. The van der Waals surface area contributed by atoms with Gasteiger partial charge in [-0.1, -0.05) is 11.6 Å². The molecule has 0 aliphatic carbocycles. The lowest BCUT2D eigenvalue weighted by Gasteiger charge is -2.38. The summed E-state index contributed by atoms with van der Waals surface area (Å²) in [5.41, 5.74) is 0.758. The summed E-state index contributed by atoms with van der Waals surface area (Å²) in [6.45, 7) is 3.40. The van der Waals surface area contributed by atoms with Crippen LogP contribution in [0, 0.1) is 5.82 Å². The third-order valence-corrected chi connectivity index (χ3v) is 5.76. The number of hydrogen-bond donors (Lipinski definition) is 0. The molecule has 0 bridgehead atoms. The van der Waals surface area contributed by atoms with E-state index in [0.717, 1.165) is 37.6 Å². The van der Waals surface area contributed by atoms with Crippen molar-refractivity contribution in [3.05, 3.63) is 41.2 Å². The largest absolute Gasteiger partial charge is 0.306 e. The van der Waals surface area contributed by atoms with Crippen LogP contribution in [-0.4, -0.2) is 57.3 Å². The van der Waals surface area contributed by atoms with Crippen molar-refractivity contribution >= 4 is 11.6 Å². The molecular weight excluding hydrogens is 341 g/mol. The molecule has 1 aromatic heterocycles. The number of hydrogen-bond acceptors (Lipinski definition) is 4. The van der Waals surface area contributed by atoms with Gasteiger partial charge in [0, 0.05) is 6.04 Å². The Morgan fingerprint density at radius 1 is 1.16 bits per heavy atom. The number of nitrogens with zero attached hydrogens (tertiary/aromatic N) is 5. The fourth-order valence-electron chi connectivity index (χ4n) is 4.12. The van der Waals surface area contributed by atoms with Gasteiger partial charge in [0.25, 0.3) is 0 Å². The molecule has 134 valence electrons. The van der Waals surface area contributed by atoms with Gasteiger partial charge < -0.3 is 4.90 Å². The van der Waals surface area contributed by atoms with Crippen LogP contribution in [0.3, 0.4) is 0 Å². The summed E-state index contributed by atoms with van der Waals surface area (Å²) >= 11 is 5.96. The highest BCUT2D eigenvalue weighted by atomic mass is 35.5. The summed E-state index contributed by atoms with van der Waals surface area (Å²) < 4.78 is 15.3. The second-order valence-electron chi connectivity index (χ2n) is 7.06. The maximum Gasteiger partial charge on any atom is 0.149 e. The van der Waals surface area contributed by atoms with E-state index in [1.807, 2.05) is 4.68 Å². The molecule has 7 heteroatoms. The summed E-state index contributed by atoms with van der Waals surface area (Å²) in [7, 11) is 2.19. The van der Waals surface area contributed by atoms with Gasteiger partial charge in [-0.05, 0) is 70.6 Å². The first-order valence-corrected chi connectivity index (χ1v) is 9.31. The number of piperidine rings is 1. The molecule has 1 atom stereocenters. The Labute approximate surface area is 152 Å². The quantitative estimate of drug-likeness (QED) is 0.838. The molecule has 0 radical (unpaired) electrons. The van der Waals surface area contributed by atoms with Crippen LogP contribution in [-0.2, 0) is 0 Å². The van der Waals surface area contributed by atoms with Gasteiger partial charge in [-0.15, -0.1) is 0 Å². The fourth-order valence-corrected chi connectivity index (χ4v) is 4.30. The molecule has 2 aliphatic heterocycles. The smallest absolute Gasteiger partial charge is 0.149 e. The van der Waals surface area contributed by atoms with Crippen LogP contribution in [0.1, 0.15) is 37.5 Å². The molecule has 0 unspecified atom stereocenters. The summed E-state index contributed by atoms with van der Waals surface area (Å²) in [5, 5.41) is 4.49. The van der Waals surface area contributed by atoms with Gasteiger partial charge >= 0.3 is 0 Å². The summed E-state index contributed by atoms with van der Waals surface area (Å²) in [6.07, 6.45) is 6.23. The second kappa shape index (κ2) is 7.02. The summed E-state index contributed by atoms with van der Waals surface area (Å²) in [6, 6.07) is 5.57. The van der Waals surface area contributed by atoms with Gasteiger partial charge in [-0.2, -0.15) is 5.10 Å². The van der Waals surface area contributed by atoms with Crippen molar-refractivity contribution in [2.75, 3.05) is 26.7 Å². The van der Waals surface area contributed by atoms with E-state index in [-0.39, 0.29) is 11.1 Å². The molecule has 5 nitrogen and oxygen atoms in total. The van der Waals surface area contributed by atoms with E-state index in [0.29, 0.717) is 6.04 Å². The Hall–Kier alpha value is -1.50. The number of likely N-dealkylation sites (tertiary alicyclic amines) is 2. The van der Waals surface area contributed by atoms with E-state index < -0.39 is 5.82 Å². The molecule has 2 aromatic rings. The van der Waals surface area contributed by atoms with Crippen molar-refractivity contribution in [3.63, 3.8) is 0 Å². The van der Waals surface area contributed by atoms with Gasteiger partial charge in [0.2, 0.25) is 0 Å². The van der Waals surface area contributed by atoms with Gasteiger partial charge in [-0.3, -0.25) is 4.90 Å². The molecule has 4 rings (SSSR count). The first-order valence-electron chi connectivity index (χ1n) is 8.93. The number of halogens is 2. The van der Waals surface area contributed by atoms with Crippen LogP contribution in [0.25, 0.3) is 5.69 Å². The van der Waals surface area contributed by atoms with Crippen molar-refractivity contribution in [2.45, 2.75) is 37.8 Å². The minimum absolute atomic E-state index is 0.109. The van der Waals surface area contributed by atoms with Gasteiger partial charge in [0.05, 0.1) is 16.8 Å². The SMILES string of the molecule is CN1CCC(N2CCC[C@H]2c2ncnn2-c2ccc(F)c(Cl)c2)CC1. The number of rotatable bonds is 3. The molecule has 3 heterocycles. The topological polar surface area (TPSA) is 37.2 Å². The Kier molecular flexibility index (Phi) is 4.75. The highest BCUT2D eigenvalue weighted by Crippen LogP contribution is 2.36. The lowest BCUT2D eigenvalue weighted by molar-refractivity contribution is 0.106. The van der Waals surface area contributed by atoms with E-state index in [2.05, 4.69) is 26.9 Å². The Morgan fingerprint density at radius 3 is 2.72 bits per heavy atom. The Morgan fingerprint density at radius 2 is 1.96 bits per heavy atom. The predicted octanol–water partition coefficient (Wildman–Crippen LogP) is 3.29. The molecule has 25 heavy (non-hydrogen) atoms. The molecule has 1 aromatic carbocycles. The maximum atomic E-state index is 13.5. The number of benzene rings is 1. The molecule has 0 spiro atoms. The molecule has 2 saturated heterocycles. The van der Waals surface area contributed by atoms with E-state index in [1.54, 1.807) is 18.5 Å². The molecule has 0 saturated carbocycles. The predicted molar refractivity (Wildman–Crippen MR) is 95.5 cm³/mol. The Bertz CT molecular complexity index is 741. The van der Waals surface area contributed by atoms with E-state index >= 15 is 0 Å². The van der Waals surface area contributed by atoms with Gasteiger partial charge in [0.1, 0.15) is 18.0 Å². The lowest BCUT2D eigenvalue weighted by atomic mass is 10.0. The van der Waals surface area contributed by atoms with Gasteiger partial charge in [-0.25, -0.2) is 14.1 Å². The van der Waals surface area contributed by atoms with Crippen molar-refractivity contribution in [3.8, 4) is 5.69 Å². The zero-order valence-electron chi connectivity index (χ0n) is 14.4. The van der Waals surface area contributed by atoms with E-state index in [9.17, 15) is 4.39 Å². The fraction of sp³-hybridized carbons (Fsp3) is 0.556. The van der Waals surface area contributed by atoms with Crippen LogP contribution >= 0.6 is 11.6 Å². The highest BCUT2D eigenvalue weighted by Gasteiger charge is 2.35. The minimum atomic E-state index is -0.416. The Balaban J connectivity index is 1.61. The van der Waals surface area contributed by atoms with Crippen LogP contribution in [0.2, 0.25) is 5.02 Å². The van der Waals surface area contributed by atoms with Crippen LogP contribution in [0.4, 0.5) is 4.39 Å². The highest BCUT2D eigenvalue weighted by molar-refractivity contribution is 6.30. The van der Waals surface area contributed by atoms with Crippen molar-refractivity contribution in [1.82, 2.24) is 24.6 Å². The minimum Gasteiger partial charge on any atom is -0.306 e. The first-order chi connectivity index (χ1) is 12.1. The molecule has 0 N–H and O–H groups in total. The average molecular weight is 364 g/mol. The molecular formula is C18H23ClFN5. The molecule has 2 aliphatic rings. The van der Waals surface area contributed by atoms with Crippen molar-refractivity contribution in [2.24, 2.45) is 0 Å². The third-order valence-electron chi connectivity index (χ3n) is 5.47. The number of aromatic nitrogens is 3. The van der Waals surface area contributed by atoms with Gasteiger partial charge in [0.15, 0.2) is 0 Å². The third kappa shape index (κ3) is 3.30. The van der Waals surface area contributed by atoms with Crippen LogP contribution in [0.5, 0.6) is 0 Å². The molecule has 2 fully saturated rings. The van der Waals surface area contributed by atoms with E-state index in [1.165, 1.54) is 25.3 Å². The van der Waals surface area contributed by atoms with Crippen molar-refractivity contribution in [1.29, 1.82) is 0 Å². The zero-order chi connectivity index (χ0) is 17.4. The summed E-state index contributed by atoms with van der Waals surface area (Å²) in [4.78, 5) is 9.54. The van der Waals surface area contributed by atoms with Crippen LogP contribution in [0.15, 0.2) is 24.5 Å². The average Bonchev–Trinajstić information content (AvgIpc) is 3.26.